The third kappa shape index (κ3) is 2.96. The van der Waals surface area contributed by atoms with E-state index in [1.807, 2.05) is 4.90 Å². The Hall–Kier alpha value is -1.82. The number of nitrogens with two attached hydrogens (primary N) is 1. The molecule has 19 heavy (non-hydrogen) atoms. The fourth-order valence-corrected chi connectivity index (χ4v) is 2.21. The molecule has 2 rings (SSSR count). The first-order valence-electron chi connectivity index (χ1n) is 6.51. The minimum Gasteiger partial charge on any atom is -0.477 e. The number of aromatic nitrogens is 1. The number of rotatable bonds is 6. The molecule has 0 aliphatic heterocycles. The Labute approximate surface area is 111 Å². The number of carboxylic acid groups (broad SMARTS) is 1. The van der Waals surface area contributed by atoms with Crippen LogP contribution in [0.25, 0.3) is 0 Å². The Morgan fingerprint density at radius 3 is 2.74 bits per heavy atom. The third-order valence-electron chi connectivity index (χ3n) is 3.47. The van der Waals surface area contributed by atoms with E-state index >= 15 is 0 Å². The molecular formula is C13H19N3O3. The van der Waals surface area contributed by atoms with Crippen molar-refractivity contribution in [2.24, 2.45) is 0 Å². The molecule has 0 bridgehead atoms. The quantitative estimate of drug-likeness (QED) is 0.712. The highest BCUT2D eigenvalue weighted by atomic mass is 16.4. The summed E-state index contributed by atoms with van der Waals surface area (Å²) in [6.45, 7) is 0.739. The third-order valence-corrected chi connectivity index (χ3v) is 3.47. The van der Waals surface area contributed by atoms with Crippen molar-refractivity contribution in [2.45, 2.75) is 31.7 Å². The van der Waals surface area contributed by atoms with Crippen LogP contribution in [0.3, 0.4) is 0 Å². The largest absolute Gasteiger partial charge is 0.477 e. The van der Waals surface area contributed by atoms with Gasteiger partial charge in [0.1, 0.15) is 0 Å². The fraction of sp³-hybridized carbons (Fsp3) is 0.538. The molecule has 1 heterocycles. The van der Waals surface area contributed by atoms with Crippen molar-refractivity contribution in [1.82, 2.24) is 4.98 Å². The molecule has 1 saturated carbocycles. The number of carboxylic acids is 1. The summed E-state index contributed by atoms with van der Waals surface area (Å²) in [6, 6.07) is 3.34. The lowest BCUT2D eigenvalue weighted by Gasteiger charge is -2.39. The fourth-order valence-electron chi connectivity index (χ4n) is 2.21. The monoisotopic (exact) mass is 265 g/mol. The molecular weight excluding hydrogens is 246 g/mol. The minimum atomic E-state index is -1.06. The Balaban J connectivity index is 2.28. The van der Waals surface area contributed by atoms with E-state index in [0.717, 1.165) is 12.8 Å². The maximum atomic E-state index is 11.0. The zero-order valence-corrected chi connectivity index (χ0v) is 10.7. The molecule has 0 amide bonds. The van der Waals surface area contributed by atoms with E-state index < -0.39 is 5.97 Å². The smallest absolute Gasteiger partial charge is 0.354 e. The zero-order chi connectivity index (χ0) is 13.8. The number of carbonyl (C=O) groups is 1. The lowest BCUT2D eigenvalue weighted by molar-refractivity contribution is 0.0690. The Kier molecular flexibility index (Phi) is 4.21. The number of aliphatic hydroxyl groups excluding tert-OH is 1. The number of aromatic carboxylic acids is 1. The number of hydrogen-bond donors (Lipinski definition) is 3. The summed E-state index contributed by atoms with van der Waals surface area (Å²) >= 11 is 0. The van der Waals surface area contributed by atoms with Crippen molar-refractivity contribution in [3.05, 3.63) is 17.8 Å². The van der Waals surface area contributed by atoms with E-state index in [0.29, 0.717) is 30.5 Å². The molecule has 6 nitrogen and oxygen atoms in total. The molecule has 1 fully saturated rings. The topological polar surface area (TPSA) is 99.7 Å². The highest BCUT2D eigenvalue weighted by molar-refractivity contribution is 5.87. The number of anilines is 2. The van der Waals surface area contributed by atoms with Crippen molar-refractivity contribution in [1.29, 1.82) is 0 Å². The molecule has 0 radical (unpaired) electrons. The van der Waals surface area contributed by atoms with Crippen LogP contribution < -0.4 is 10.6 Å². The second-order valence-corrected chi connectivity index (χ2v) is 4.77. The van der Waals surface area contributed by atoms with E-state index in [2.05, 4.69) is 4.98 Å². The van der Waals surface area contributed by atoms with Crippen molar-refractivity contribution >= 4 is 17.5 Å². The Bertz CT molecular complexity index is 460. The van der Waals surface area contributed by atoms with Gasteiger partial charge in [-0.15, -0.1) is 0 Å². The second kappa shape index (κ2) is 5.88. The molecule has 0 aromatic carbocycles. The average molecular weight is 265 g/mol. The first-order chi connectivity index (χ1) is 9.13. The van der Waals surface area contributed by atoms with Gasteiger partial charge in [-0.25, -0.2) is 9.78 Å². The first-order valence-corrected chi connectivity index (χ1v) is 6.51. The molecule has 1 aliphatic carbocycles. The average Bonchev–Trinajstić information content (AvgIpc) is 2.32. The van der Waals surface area contributed by atoms with Crippen LogP contribution in [0.15, 0.2) is 12.1 Å². The minimum absolute atomic E-state index is 0.00229. The van der Waals surface area contributed by atoms with E-state index in [4.69, 9.17) is 15.9 Å². The van der Waals surface area contributed by atoms with Gasteiger partial charge < -0.3 is 20.8 Å². The van der Waals surface area contributed by atoms with E-state index in [1.165, 1.54) is 12.5 Å². The van der Waals surface area contributed by atoms with Crippen LogP contribution in [0, 0.1) is 0 Å². The van der Waals surface area contributed by atoms with E-state index in [9.17, 15) is 4.79 Å². The van der Waals surface area contributed by atoms with Crippen LogP contribution in [-0.2, 0) is 0 Å². The van der Waals surface area contributed by atoms with Crippen molar-refractivity contribution in [3.63, 3.8) is 0 Å². The molecule has 1 aromatic heterocycles. The van der Waals surface area contributed by atoms with Crippen LogP contribution in [0.2, 0.25) is 0 Å². The predicted octanol–water partition coefficient (Wildman–Crippen LogP) is 1.10. The van der Waals surface area contributed by atoms with Crippen LogP contribution in [-0.4, -0.2) is 40.4 Å². The van der Waals surface area contributed by atoms with Gasteiger partial charge in [0.05, 0.1) is 5.69 Å². The first kappa shape index (κ1) is 13.6. The summed E-state index contributed by atoms with van der Waals surface area (Å²) in [4.78, 5) is 17.2. The molecule has 0 atom stereocenters. The van der Waals surface area contributed by atoms with Gasteiger partial charge in [-0.1, -0.05) is 0 Å². The molecule has 4 N–H and O–H groups in total. The highest BCUT2D eigenvalue weighted by Crippen LogP contribution is 2.31. The summed E-state index contributed by atoms with van der Waals surface area (Å²) in [5, 5.41) is 18.0. The number of nitrogens with zero attached hydrogens (tertiary/aromatic N) is 2. The summed E-state index contributed by atoms with van der Waals surface area (Å²) < 4.78 is 0. The van der Waals surface area contributed by atoms with E-state index in [1.54, 1.807) is 6.07 Å². The normalized spacial score (nSPS) is 15.0. The van der Waals surface area contributed by atoms with Gasteiger partial charge in [-0.2, -0.15) is 0 Å². The molecule has 1 aromatic rings. The van der Waals surface area contributed by atoms with Gasteiger partial charge in [0.25, 0.3) is 0 Å². The van der Waals surface area contributed by atoms with Crippen LogP contribution in [0.4, 0.5) is 11.5 Å². The van der Waals surface area contributed by atoms with Crippen molar-refractivity contribution in [3.8, 4) is 0 Å². The molecule has 0 saturated heterocycles. The second-order valence-electron chi connectivity index (χ2n) is 4.77. The maximum Gasteiger partial charge on any atom is 0.354 e. The number of hydrogen-bond acceptors (Lipinski definition) is 5. The zero-order valence-electron chi connectivity index (χ0n) is 10.7. The lowest BCUT2D eigenvalue weighted by atomic mass is 9.91. The van der Waals surface area contributed by atoms with E-state index in [-0.39, 0.29) is 12.3 Å². The summed E-state index contributed by atoms with van der Waals surface area (Å²) in [7, 11) is 0. The highest BCUT2D eigenvalue weighted by Gasteiger charge is 2.27. The number of nitrogen functional groups attached to an aromatic ring is 1. The molecule has 104 valence electrons. The Morgan fingerprint density at radius 2 is 2.21 bits per heavy atom. The van der Waals surface area contributed by atoms with Gasteiger partial charge in [-0.3, -0.25) is 0 Å². The molecule has 0 unspecified atom stereocenters. The maximum absolute atomic E-state index is 11.0. The van der Waals surface area contributed by atoms with Gasteiger partial charge in [0.2, 0.25) is 0 Å². The summed E-state index contributed by atoms with van der Waals surface area (Å²) in [5.41, 5.74) is 6.40. The van der Waals surface area contributed by atoms with Gasteiger partial charge in [0.15, 0.2) is 11.5 Å². The molecule has 6 heteroatoms. The summed E-state index contributed by atoms with van der Waals surface area (Å²) in [5.74, 6) is -0.532. The predicted molar refractivity (Wildman–Crippen MR) is 72.3 cm³/mol. The SMILES string of the molecule is Nc1ccc(C(=O)O)nc1N(CCCO)C1CCC1. The van der Waals surface area contributed by atoms with Gasteiger partial charge in [-0.05, 0) is 37.8 Å². The number of pyridine rings is 1. The van der Waals surface area contributed by atoms with Crippen molar-refractivity contribution < 1.29 is 15.0 Å². The summed E-state index contributed by atoms with van der Waals surface area (Å²) in [6.07, 6.45) is 3.90. The Morgan fingerprint density at radius 1 is 1.47 bits per heavy atom. The number of aliphatic hydroxyl groups is 1. The van der Waals surface area contributed by atoms with Crippen LogP contribution >= 0.6 is 0 Å². The van der Waals surface area contributed by atoms with Gasteiger partial charge in [0, 0.05) is 19.2 Å². The molecule has 1 aliphatic rings. The van der Waals surface area contributed by atoms with Crippen LogP contribution in [0.5, 0.6) is 0 Å². The van der Waals surface area contributed by atoms with Gasteiger partial charge >= 0.3 is 5.97 Å². The molecule has 0 spiro atoms. The van der Waals surface area contributed by atoms with Crippen LogP contribution in [0.1, 0.15) is 36.2 Å². The standard InChI is InChI=1S/C13H19N3O3/c14-10-5-6-11(13(18)19)15-12(10)16(7-2-8-17)9-3-1-4-9/h5-6,9,17H,1-4,7-8,14H2,(H,18,19). The lowest BCUT2D eigenvalue weighted by Crippen LogP contribution is -2.42. The van der Waals surface area contributed by atoms with Crippen molar-refractivity contribution in [2.75, 3.05) is 23.8 Å².